The average molecular weight is 479 g/mol. The predicted molar refractivity (Wildman–Crippen MR) is 128 cm³/mol. The third kappa shape index (κ3) is 4.15. The SMILES string of the molecule is Cc1ccn2c(=O)cc(COC(=O)c3cc4c(C)nn(Cc5ccccc5Cl)c4s3)nc2c1. The molecule has 33 heavy (non-hydrogen) atoms. The Bertz CT molecular complexity index is 1580. The number of nitrogens with zero attached hydrogens (tertiary/aromatic N) is 4. The van der Waals surface area contributed by atoms with Crippen LogP contribution in [0.25, 0.3) is 15.9 Å². The van der Waals surface area contributed by atoms with Crippen LogP contribution in [-0.4, -0.2) is 25.1 Å². The molecule has 0 aliphatic rings. The quantitative estimate of drug-likeness (QED) is 0.340. The van der Waals surface area contributed by atoms with Crippen molar-refractivity contribution in [3.8, 4) is 0 Å². The summed E-state index contributed by atoms with van der Waals surface area (Å²) in [5, 5.41) is 6.17. The van der Waals surface area contributed by atoms with Gasteiger partial charge in [-0.05, 0) is 49.2 Å². The summed E-state index contributed by atoms with van der Waals surface area (Å²) in [6.45, 7) is 4.25. The maximum absolute atomic E-state index is 12.7. The Morgan fingerprint density at radius 1 is 1.15 bits per heavy atom. The second-order valence-electron chi connectivity index (χ2n) is 7.76. The van der Waals surface area contributed by atoms with Gasteiger partial charge in [0.05, 0.1) is 17.9 Å². The highest BCUT2D eigenvalue weighted by molar-refractivity contribution is 7.20. The van der Waals surface area contributed by atoms with Crippen LogP contribution < -0.4 is 5.56 Å². The minimum absolute atomic E-state index is 0.0858. The molecule has 1 aromatic carbocycles. The monoisotopic (exact) mass is 478 g/mol. The molecule has 0 amide bonds. The number of carbonyl (C=O) groups excluding carboxylic acids is 1. The fourth-order valence-corrected chi connectivity index (χ4v) is 4.90. The van der Waals surface area contributed by atoms with Crippen LogP contribution in [0.15, 0.2) is 59.5 Å². The van der Waals surface area contributed by atoms with Crippen LogP contribution in [0.3, 0.4) is 0 Å². The van der Waals surface area contributed by atoms with Crippen molar-refractivity contribution < 1.29 is 9.53 Å². The number of halogens is 1. The van der Waals surface area contributed by atoms with E-state index in [4.69, 9.17) is 16.3 Å². The van der Waals surface area contributed by atoms with Crippen LogP contribution in [0.5, 0.6) is 0 Å². The van der Waals surface area contributed by atoms with E-state index in [1.54, 1.807) is 12.3 Å². The van der Waals surface area contributed by atoms with E-state index < -0.39 is 5.97 Å². The van der Waals surface area contributed by atoms with Crippen molar-refractivity contribution in [2.45, 2.75) is 27.0 Å². The van der Waals surface area contributed by atoms with Crippen molar-refractivity contribution >= 4 is 44.8 Å². The number of pyridine rings is 1. The van der Waals surface area contributed by atoms with E-state index >= 15 is 0 Å². The molecule has 0 unspecified atom stereocenters. The summed E-state index contributed by atoms with van der Waals surface area (Å²) >= 11 is 7.62. The molecule has 0 spiro atoms. The van der Waals surface area contributed by atoms with Crippen molar-refractivity contribution in [2.24, 2.45) is 0 Å². The van der Waals surface area contributed by atoms with Crippen LogP contribution >= 0.6 is 22.9 Å². The number of hydrogen-bond acceptors (Lipinski definition) is 6. The Balaban J connectivity index is 1.37. The predicted octanol–water partition coefficient (Wildman–Crippen LogP) is 4.78. The zero-order chi connectivity index (χ0) is 23.1. The topological polar surface area (TPSA) is 78.5 Å². The molecule has 4 aromatic heterocycles. The minimum atomic E-state index is -0.467. The molecule has 166 valence electrons. The summed E-state index contributed by atoms with van der Waals surface area (Å²) in [7, 11) is 0. The van der Waals surface area contributed by atoms with Gasteiger partial charge in [-0.15, -0.1) is 11.3 Å². The van der Waals surface area contributed by atoms with Gasteiger partial charge in [0, 0.05) is 22.7 Å². The zero-order valence-electron chi connectivity index (χ0n) is 17.9. The summed E-state index contributed by atoms with van der Waals surface area (Å²) in [4.78, 5) is 30.8. The summed E-state index contributed by atoms with van der Waals surface area (Å²) in [5.74, 6) is -0.467. The van der Waals surface area contributed by atoms with Gasteiger partial charge in [0.1, 0.15) is 22.0 Å². The minimum Gasteiger partial charge on any atom is -0.455 e. The van der Waals surface area contributed by atoms with Crippen molar-refractivity contribution in [3.05, 3.63) is 97.5 Å². The second kappa shape index (κ2) is 8.46. The van der Waals surface area contributed by atoms with E-state index in [1.807, 2.05) is 54.9 Å². The first kappa shape index (κ1) is 21.4. The van der Waals surface area contributed by atoms with E-state index in [1.165, 1.54) is 21.8 Å². The Kier molecular flexibility index (Phi) is 5.47. The van der Waals surface area contributed by atoms with E-state index in [0.29, 0.717) is 27.8 Å². The molecular formula is C24H19ClN4O3S. The molecule has 0 aliphatic heterocycles. The van der Waals surface area contributed by atoms with Gasteiger partial charge in [0.2, 0.25) is 0 Å². The fraction of sp³-hybridized carbons (Fsp3) is 0.167. The molecule has 5 rings (SSSR count). The maximum atomic E-state index is 12.7. The first-order valence-electron chi connectivity index (χ1n) is 10.3. The van der Waals surface area contributed by atoms with Crippen molar-refractivity contribution in [3.63, 3.8) is 0 Å². The number of aryl methyl sites for hydroxylation is 2. The third-order valence-electron chi connectivity index (χ3n) is 5.31. The highest BCUT2D eigenvalue weighted by Crippen LogP contribution is 2.30. The molecule has 0 aliphatic carbocycles. The summed E-state index contributed by atoms with van der Waals surface area (Å²) in [5.41, 5.74) is 3.47. The average Bonchev–Trinajstić information content (AvgIpc) is 3.34. The van der Waals surface area contributed by atoms with Gasteiger partial charge in [-0.1, -0.05) is 29.8 Å². The van der Waals surface area contributed by atoms with Gasteiger partial charge in [0.25, 0.3) is 5.56 Å². The zero-order valence-corrected chi connectivity index (χ0v) is 19.5. The molecule has 5 aromatic rings. The number of aromatic nitrogens is 4. The van der Waals surface area contributed by atoms with Crippen LogP contribution in [-0.2, 0) is 17.9 Å². The Labute approximate surface area is 197 Å². The smallest absolute Gasteiger partial charge is 0.348 e. The van der Waals surface area contributed by atoms with E-state index in [2.05, 4.69) is 10.1 Å². The normalized spacial score (nSPS) is 11.4. The molecule has 0 atom stereocenters. The molecule has 0 fully saturated rings. The molecule has 0 saturated heterocycles. The van der Waals surface area contributed by atoms with Gasteiger partial charge < -0.3 is 4.74 Å². The van der Waals surface area contributed by atoms with Gasteiger partial charge in [-0.2, -0.15) is 5.10 Å². The number of esters is 1. The van der Waals surface area contributed by atoms with Crippen molar-refractivity contribution in [1.82, 2.24) is 19.2 Å². The van der Waals surface area contributed by atoms with Gasteiger partial charge in [-0.25, -0.2) is 9.78 Å². The van der Waals surface area contributed by atoms with E-state index in [-0.39, 0.29) is 12.2 Å². The number of ether oxygens (including phenoxy) is 1. The third-order valence-corrected chi connectivity index (χ3v) is 6.81. The number of carbonyl (C=O) groups is 1. The highest BCUT2D eigenvalue weighted by Gasteiger charge is 2.18. The summed E-state index contributed by atoms with van der Waals surface area (Å²) < 4.78 is 8.78. The largest absolute Gasteiger partial charge is 0.455 e. The first-order chi connectivity index (χ1) is 15.9. The summed E-state index contributed by atoms with van der Waals surface area (Å²) in [6, 6.07) is 14.4. The standard InChI is InChI=1S/C24H19ClN4O3S/c1-14-7-8-28-21(9-14)26-17(10-22(28)30)13-32-24(31)20-11-18-15(2)27-29(23(18)33-20)12-16-5-3-4-6-19(16)25/h3-11H,12-13H2,1-2H3. The Morgan fingerprint density at radius 2 is 1.97 bits per heavy atom. The number of thiophene rings is 1. The molecule has 0 saturated carbocycles. The first-order valence-corrected chi connectivity index (χ1v) is 11.4. The van der Waals surface area contributed by atoms with Crippen LogP contribution in [0.1, 0.15) is 32.2 Å². The van der Waals surface area contributed by atoms with E-state index in [0.717, 1.165) is 27.0 Å². The molecule has 0 bridgehead atoms. The molecule has 0 radical (unpaired) electrons. The number of rotatable bonds is 5. The lowest BCUT2D eigenvalue weighted by Crippen LogP contribution is -2.16. The molecule has 0 N–H and O–H groups in total. The van der Waals surface area contributed by atoms with Crippen molar-refractivity contribution in [2.75, 3.05) is 0 Å². The van der Waals surface area contributed by atoms with Gasteiger partial charge in [0.15, 0.2) is 0 Å². The lowest BCUT2D eigenvalue weighted by atomic mass is 10.2. The number of hydrogen-bond donors (Lipinski definition) is 0. The maximum Gasteiger partial charge on any atom is 0.348 e. The molecule has 9 heteroatoms. The Morgan fingerprint density at radius 3 is 2.79 bits per heavy atom. The summed E-state index contributed by atoms with van der Waals surface area (Å²) in [6.07, 6.45) is 1.68. The Hall–Kier alpha value is -3.49. The lowest BCUT2D eigenvalue weighted by Gasteiger charge is -2.06. The van der Waals surface area contributed by atoms with Crippen LogP contribution in [0.2, 0.25) is 5.02 Å². The second-order valence-corrected chi connectivity index (χ2v) is 9.20. The van der Waals surface area contributed by atoms with Gasteiger partial charge in [-0.3, -0.25) is 13.9 Å². The number of fused-ring (bicyclic) bond motifs is 2. The molecular weight excluding hydrogens is 460 g/mol. The van der Waals surface area contributed by atoms with Gasteiger partial charge >= 0.3 is 5.97 Å². The number of benzene rings is 1. The lowest BCUT2D eigenvalue weighted by molar-refractivity contribution is 0.0473. The highest BCUT2D eigenvalue weighted by atomic mass is 35.5. The van der Waals surface area contributed by atoms with Crippen LogP contribution in [0.4, 0.5) is 0 Å². The molecule has 7 nitrogen and oxygen atoms in total. The van der Waals surface area contributed by atoms with Crippen molar-refractivity contribution in [1.29, 1.82) is 0 Å². The molecule has 4 heterocycles. The van der Waals surface area contributed by atoms with Crippen LogP contribution in [0, 0.1) is 13.8 Å². The fourth-order valence-electron chi connectivity index (χ4n) is 3.65. The van der Waals surface area contributed by atoms with E-state index in [9.17, 15) is 9.59 Å².